The smallest absolute Gasteiger partial charge is 0.165 e. The van der Waals surface area contributed by atoms with Gasteiger partial charge < -0.3 is 8.82 Å². The van der Waals surface area contributed by atoms with Gasteiger partial charge in [-0.2, -0.15) is 0 Å². The first-order valence-electron chi connectivity index (χ1n) is 15.9. The number of hydrogen-bond donors (Lipinski definition) is 0. The van der Waals surface area contributed by atoms with Crippen LogP contribution in [0.4, 0.5) is 0 Å². The zero-order valence-electron chi connectivity index (χ0n) is 24.9. The van der Waals surface area contributed by atoms with E-state index in [1.807, 2.05) is 18.2 Å². The Morgan fingerprint density at radius 3 is 2.13 bits per heavy atom. The summed E-state index contributed by atoms with van der Waals surface area (Å²) in [6, 6.07) is 47.3. The van der Waals surface area contributed by atoms with Crippen LogP contribution in [0.3, 0.4) is 0 Å². The third-order valence-corrected chi connectivity index (χ3v) is 10.2. The van der Waals surface area contributed by atoms with Crippen LogP contribution in [0.25, 0.3) is 110 Å². The number of aromatic nitrogens is 4. The van der Waals surface area contributed by atoms with Gasteiger partial charge in [-0.1, -0.05) is 72.8 Å². The average Bonchev–Trinajstić information content (AvgIpc) is 3.75. The minimum atomic E-state index is 0.812. The fraction of sp³-hybridized carbons (Fsp3) is 0. The molecular formula is C42H22N4O. The lowest BCUT2D eigenvalue weighted by Crippen LogP contribution is -2.03. The van der Waals surface area contributed by atoms with E-state index in [0.717, 1.165) is 66.6 Å². The maximum absolute atomic E-state index is 6.59. The van der Waals surface area contributed by atoms with Gasteiger partial charge in [0, 0.05) is 32.5 Å². The highest BCUT2D eigenvalue weighted by molar-refractivity contribution is 6.37. The molecule has 5 aromatic heterocycles. The molecule has 0 aliphatic carbocycles. The first-order valence-corrected chi connectivity index (χ1v) is 15.9. The summed E-state index contributed by atoms with van der Waals surface area (Å²) in [7, 11) is 0. The molecule has 5 heterocycles. The molecule has 0 aliphatic heterocycles. The zero-order chi connectivity index (χ0) is 30.4. The summed E-state index contributed by atoms with van der Waals surface area (Å²) in [6.07, 6.45) is 0. The highest BCUT2D eigenvalue weighted by Gasteiger charge is 2.27. The van der Waals surface area contributed by atoms with Gasteiger partial charge in [0.1, 0.15) is 16.9 Å². The first-order chi connectivity index (χ1) is 23.3. The van der Waals surface area contributed by atoms with Gasteiger partial charge in [-0.3, -0.25) is 4.57 Å². The summed E-state index contributed by atoms with van der Waals surface area (Å²) < 4.78 is 11.4. The average molecular weight is 599 g/mol. The second-order valence-corrected chi connectivity index (χ2v) is 12.6. The van der Waals surface area contributed by atoms with E-state index in [1.165, 1.54) is 43.4 Å². The van der Waals surface area contributed by atoms with Crippen molar-refractivity contribution in [2.24, 2.45) is 0 Å². The summed E-state index contributed by atoms with van der Waals surface area (Å²) in [5.41, 5.74) is 11.1. The normalized spacial score (nSPS) is 12.7. The van der Waals surface area contributed by atoms with E-state index in [1.54, 1.807) is 0 Å². The van der Waals surface area contributed by atoms with Gasteiger partial charge in [0.15, 0.2) is 5.82 Å². The van der Waals surface area contributed by atoms with Crippen LogP contribution in [0.1, 0.15) is 0 Å². The van der Waals surface area contributed by atoms with Gasteiger partial charge in [-0.25, -0.2) is 9.97 Å². The Balaban J connectivity index is 1.32. The van der Waals surface area contributed by atoms with Crippen molar-refractivity contribution in [1.29, 1.82) is 0 Å². The molecule has 0 N–H and O–H groups in total. The van der Waals surface area contributed by atoms with Crippen LogP contribution in [0.15, 0.2) is 138 Å². The second kappa shape index (κ2) is 8.22. The van der Waals surface area contributed by atoms with E-state index in [9.17, 15) is 0 Å². The molecule has 7 aromatic carbocycles. The highest BCUT2D eigenvalue weighted by atomic mass is 16.3. The predicted molar refractivity (Wildman–Crippen MR) is 192 cm³/mol. The summed E-state index contributed by atoms with van der Waals surface area (Å²) in [5.74, 6) is 0.812. The van der Waals surface area contributed by atoms with Crippen molar-refractivity contribution >= 4 is 92.9 Å². The largest absolute Gasteiger partial charge is 0.456 e. The minimum absolute atomic E-state index is 0.812. The van der Waals surface area contributed by atoms with E-state index >= 15 is 0 Å². The molecule has 0 unspecified atom stereocenters. The van der Waals surface area contributed by atoms with E-state index in [4.69, 9.17) is 14.4 Å². The standard InChI is InChI=1S/C42H22N4O/c1-2-9-24-22-25(17-16-23(24)8-1)40-42(44-29-12-5-4-11-28(29)43-40)46-32-15-7-14-31-36(32)37-33(46)19-21-34-38(37)39-35(47-34)20-18-27-26-10-3-6-13-30(26)45(31)41(27)39/h1-22H. The Kier molecular flexibility index (Phi) is 4.17. The molecule has 0 radical (unpaired) electrons. The van der Waals surface area contributed by atoms with Gasteiger partial charge in [0.2, 0.25) is 0 Å². The van der Waals surface area contributed by atoms with Crippen molar-refractivity contribution < 1.29 is 4.42 Å². The fourth-order valence-electron chi connectivity index (χ4n) is 8.27. The van der Waals surface area contributed by atoms with E-state index in [-0.39, 0.29) is 0 Å². The van der Waals surface area contributed by atoms with Crippen LogP contribution < -0.4 is 0 Å². The van der Waals surface area contributed by atoms with Crippen LogP contribution in [0.2, 0.25) is 0 Å². The van der Waals surface area contributed by atoms with Crippen molar-refractivity contribution in [3.8, 4) is 17.1 Å². The van der Waals surface area contributed by atoms with Gasteiger partial charge >= 0.3 is 0 Å². The van der Waals surface area contributed by atoms with Crippen molar-refractivity contribution in [3.63, 3.8) is 0 Å². The van der Waals surface area contributed by atoms with Crippen molar-refractivity contribution in [2.75, 3.05) is 0 Å². The molecule has 0 bridgehead atoms. The maximum Gasteiger partial charge on any atom is 0.165 e. The SMILES string of the molecule is c1ccc2cc(-c3nc4ccccc4nc3-n3c4ccc5oc6ccc7c8ccccc8n8c9cccc3c9c4c5c6c78)ccc2c1. The molecule has 0 spiro atoms. The number of furan rings is 1. The summed E-state index contributed by atoms with van der Waals surface area (Å²) >= 11 is 0. The molecule has 0 fully saturated rings. The second-order valence-electron chi connectivity index (χ2n) is 12.6. The first kappa shape index (κ1) is 23.9. The van der Waals surface area contributed by atoms with Crippen LogP contribution >= 0.6 is 0 Å². The number of benzene rings is 7. The van der Waals surface area contributed by atoms with Gasteiger partial charge in [-0.05, 0) is 71.4 Å². The molecule has 0 saturated heterocycles. The summed E-state index contributed by atoms with van der Waals surface area (Å²) in [6.45, 7) is 0. The molecule has 47 heavy (non-hydrogen) atoms. The molecule has 0 aliphatic rings. The fourth-order valence-corrected chi connectivity index (χ4v) is 8.27. The monoisotopic (exact) mass is 598 g/mol. The molecule has 12 aromatic rings. The van der Waals surface area contributed by atoms with Crippen LogP contribution in [0.5, 0.6) is 0 Å². The van der Waals surface area contributed by atoms with Gasteiger partial charge in [0.05, 0.1) is 44.0 Å². The van der Waals surface area contributed by atoms with Crippen LogP contribution in [-0.4, -0.2) is 18.9 Å². The van der Waals surface area contributed by atoms with Crippen LogP contribution in [0, 0.1) is 0 Å². The minimum Gasteiger partial charge on any atom is -0.456 e. The number of nitrogens with zero attached hydrogens (tertiary/aromatic N) is 4. The van der Waals surface area contributed by atoms with Gasteiger partial charge in [-0.15, -0.1) is 0 Å². The van der Waals surface area contributed by atoms with Crippen LogP contribution in [-0.2, 0) is 0 Å². The summed E-state index contributed by atoms with van der Waals surface area (Å²) in [4.78, 5) is 10.7. The Hall–Kier alpha value is -6.46. The van der Waals surface area contributed by atoms with E-state index < -0.39 is 0 Å². The van der Waals surface area contributed by atoms with Crippen molar-refractivity contribution in [3.05, 3.63) is 133 Å². The topological polar surface area (TPSA) is 48.3 Å². The highest BCUT2D eigenvalue weighted by Crippen LogP contribution is 2.48. The maximum atomic E-state index is 6.59. The Morgan fingerprint density at radius 1 is 0.468 bits per heavy atom. The molecule has 5 nitrogen and oxygen atoms in total. The number of para-hydroxylation sites is 3. The lowest BCUT2D eigenvalue weighted by Gasteiger charge is -2.14. The lowest BCUT2D eigenvalue weighted by atomic mass is 10.0. The molecule has 5 heteroatoms. The molecular weight excluding hydrogens is 576 g/mol. The quantitative estimate of drug-likeness (QED) is 0.199. The van der Waals surface area contributed by atoms with Crippen molar-refractivity contribution in [1.82, 2.24) is 18.9 Å². The third kappa shape index (κ3) is 2.86. The van der Waals surface area contributed by atoms with E-state index in [2.05, 4.69) is 124 Å². The molecule has 0 atom stereocenters. The number of fused-ring (bicyclic) bond motifs is 6. The summed E-state index contributed by atoms with van der Waals surface area (Å²) in [5, 5.41) is 9.54. The molecule has 12 rings (SSSR count). The predicted octanol–water partition coefficient (Wildman–Crippen LogP) is 10.9. The number of rotatable bonds is 2. The molecule has 216 valence electrons. The Morgan fingerprint density at radius 2 is 1.19 bits per heavy atom. The lowest BCUT2D eigenvalue weighted by molar-refractivity contribution is 0.669. The van der Waals surface area contributed by atoms with E-state index in [0.29, 0.717) is 0 Å². The number of hydrogen-bond acceptors (Lipinski definition) is 3. The Labute approximate surface area is 266 Å². The zero-order valence-corrected chi connectivity index (χ0v) is 24.9. The molecule has 0 saturated carbocycles. The van der Waals surface area contributed by atoms with Gasteiger partial charge in [0.25, 0.3) is 0 Å². The third-order valence-electron chi connectivity index (χ3n) is 10.2. The molecule has 0 amide bonds. The Bertz CT molecular complexity index is 3250. The van der Waals surface area contributed by atoms with Crippen molar-refractivity contribution in [2.45, 2.75) is 0 Å².